The van der Waals surface area contributed by atoms with Gasteiger partial charge < -0.3 is 18.8 Å². The molecule has 2 fully saturated rings. The molecule has 0 aliphatic carbocycles. The van der Waals surface area contributed by atoms with Crippen LogP contribution in [0.1, 0.15) is 18.4 Å². The highest BCUT2D eigenvalue weighted by molar-refractivity contribution is 5.80. The predicted octanol–water partition coefficient (Wildman–Crippen LogP) is 2.96. The summed E-state index contributed by atoms with van der Waals surface area (Å²) in [6.45, 7) is 2.66. The lowest BCUT2D eigenvalue weighted by molar-refractivity contribution is -0.158. The number of ether oxygens (including phenoxy) is 2. The van der Waals surface area contributed by atoms with Gasteiger partial charge in [-0.25, -0.2) is 9.18 Å². The van der Waals surface area contributed by atoms with Gasteiger partial charge in [-0.05, 0) is 48.6 Å². The average Bonchev–Trinajstić information content (AvgIpc) is 3.32. The first-order chi connectivity index (χ1) is 15.5. The van der Waals surface area contributed by atoms with Gasteiger partial charge in [0, 0.05) is 6.61 Å². The quantitative estimate of drug-likeness (QED) is 0.528. The number of carbonyl (C=O) groups excluding carboxylic acids is 1. The van der Waals surface area contributed by atoms with E-state index in [1.165, 1.54) is 16.7 Å². The molecule has 1 aromatic heterocycles. The second-order valence-corrected chi connectivity index (χ2v) is 8.71. The molecule has 8 heteroatoms. The van der Waals surface area contributed by atoms with Gasteiger partial charge in [-0.2, -0.15) is 0 Å². The summed E-state index contributed by atoms with van der Waals surface area (Å²) in [6, 6.07) is 13.5. The van der Waals surface area contributed by atoms with Gasteiger partial charge in [0.2, 0.25) is 5.91 Å². The normalized spacial score (nSPS) is 19.5. The maximum atomic E-state index is 13.2. The van der Waals surface area contributed by atoms with Crippen LogP contribution in [0.25, 0.3) is 11.1 Å². The summed E-state index contributed by atoms with van der Waals surface area (Å²) in [5.74, 6) is -0.521. The summed E-state index contributed by atoms with van der Waals surface area (Å²) < 4.78 is 31.5. The molecular formula is C24H25FN2O5. The zero-order valence-electron chi connectivity index (χ0n) is 17.7. The first kappa shape index (κ1) is 20.9. The maximum absolute atomic E-state index is 13.2. The number of nitrogens with zero attached hydrogens (tertiary/aromatic N) is 2. The number of carbonyl (C=O) groups is 1. The van der Waals surface area contributed by atoms with Crippen molar-refractivity contribution in [3.63, 3.8) is 0 Å². The molecular weight excluding hydrogens is 415 g/mol. The zero-order valence-corrected chi connectivity index (χ0v) is 17.7. The van der Waals surface area contributed by atoms with Crippen LogP contribution in [-0.4, -0.2) is 47.3 Å². The summed E-state index contributed by atoms with van der Waals surface area (Å²) in [5, 5.41) is 0. The summed E-state index contributed by atoms with van der Waals surface area (Å²) in [4.78, 5) is 26.5. The number of halogens is 1. The van der Waals surface area contributed by atoms with E-state index < -0.39 is 5.76 Å². The fourth-order valence-corrected chi connectivity index (χ4v) is 4.64. The van der Waals surface area contributed by atoms with Crippen molar-refractivity contribution in [2.24, 2.45) is 5.92 Å². The maximum Gasteiger partial charge on any atom is 0.420 e. The minimum absolute atomic E-state index is 0.0384. The summed E-state index contributed by atoms with van der Waals surface area (Å²) in [7, 11) is 0. The fourth-order valence-electron chi connectivity index (χ4n) is 4.64. The number of fused-ring (bicyclic) bond motifs is 1. The first-order valence-electron chi connectivity index (χ1n) is 10.8. The molecule has 0 bridgehead atoms. The second kappa shape index (κ2) is 8.52. The van der Waals surface area contributed by atoms with Crippen molar-refractivity contribution in [3.8, 4) is 0 Å². The number of oxazole rings is 1. The van der Waals surface area contributed by atoms with Crippen LogP contribution in [0, 0.1) is 11.7 Å². The Morgan fingerprint density at radius 1 is 1.19 bits per heavy atom. The number of para-hydroxylation sites is 2. The molecule has 1 atom stereocenters. The number of hydrogen-bond donors (Lipinski definition) is 0. The topological polar surface area (TPSA) is 73.9 Å². The molecule has 32 heavy (non-hydrogen) atoms. The molecule has 168 valence electrons. The van der Waals surface area contributed by atoms with Crippen LogP contribution in [0.3, 0.4) is 0 Å². The number of amides is 1. The van der Waals surface area contributed by atoms with Crippen molar-refractivity contribution < 1.29 is 23.1 Å². The van der Waals surface area contributed by atoms with Crippen LogP contribution in [0.2, 0.25) is 0 Å². The van der Waals surface area contributed by atoms with Crippen LogP contribution in [0.15, 0.2) is 57.7 Å². The van der Waals surface area contributed by atoms with Crippen molar-refractivity contribution in [1.82, 2.24) is 9.47 Å². The molecule has 1 unspecified atom stereocenters. The third kappa shape index (κ3) is 4.20. The molecule has 2 saturated heterocycles. The van der Waals surface area contributed by atoms with Crippen LogP contribution in [0.5, 0.6) is 0 Å². The Morgan fingerprint density at radius 2 is 2.03 bits per heavy atom. The Kier molecular flexibility index (Phi) is 5.57. The van der Waals surface area contributed by atoms with Crippen molar-refractivity contribution in [2.45, 2.75) is 31.6 Å². The molecule has 2 aliphatic heterocycles. The van der Waals surface area contributed by atoms with E-state index in [0.717, 1.165) is 18.4 Å². The van der Waals surface area contributed by atoms with Crippen LogP contribution >= 0.6 is 0 Å². The van der Waals surface area contributed by atoms with Gasteiger partial charge in [0.1, 0.15) is 18.0 Å². The van der Waals surface area contributed by atoms with E-state index in [-0.39, 0.29) is 23.9 Å². The lowest BCUT2D eigenvalue weighted by atomic mass is 9.86. The highest BCUT2D eigenvalue weighted by atomic mass is 19.1. The van der Waals surface area contributed by atoms with Crippen molar-refractivity contribution in [3.05, 3.63) is 70.5 Å². The van der Waals surface area contributed by atoms with Gasteiger partial charge in [-0.1, -0.05) is 24.3 Å². The van der Waals surface area contributed by atoms with Crippen molar-refractivity contribution >= 4 is 17.0 Å². The Bertz CT molecular complexity index is 1180. The molecule has 7 nitrogen and oxygen atoms in total. The summed E-state index contributed by atoms with van der Waals surface area (Å²) >= 11 is 0. The summed E-state index contributed by atoms with van der Waals surface area (Å²) in [5.41, 5.74) is 1.64. The van der Waals surface area contributed by atoms with E-state index >= 15 is 0 Å². The van der Waals surface area contributed by atoms with Crippen molar-refractivity contribution in [1.29, 1.82) is 0 Å². The molecule has 5 rings (SSSR count). The fraction of sp³-hybridized carbons (Fsp3) is 0.417. The van der Waals surface area contributed by atoms with Gasteiger partial charge in [0.05, 0.1) is 31.8 Å². The SMILES string of the molecule is O=C(Cn1c(=O)oc2ccccc21)N1CC2(CC(CCOCc3cccc(F)c3)CO2)C1. The van der Waals surface area contributed by atoms with Crippen LogP contribution in [0.4, 0.5) is 4.39 Å². The number of rotatable bonds is 7. The van der Waals surface area contributed by atoms with Crippen LogP contribution in [-0.2, 0) is 27.4 Å². The Labute approximate surface area is 184 Å². The summed E-state index contributed by atoms with van der Waals surface area (Å²) in [6.07, 6.45) is 1.75. The number of benzene rings is 2. The molecule has 2 aromatic carbocycles. The van der Waals surface area contributed by atoms with E-state index in [4.69, 9.17) is 13.9 Å². The molecule has 0 N–H and O–H groups in total. The molecule has 0 saturated carbocycles. The van der Waals surface area contributed by atoms with E-state index in [0.29, 0.717) is 49.9 Å². The van der Waals surface area contributed by atoms with Gasteiger partial charge in [-0.3, -0.25) is 9.36 Å². The molecule has 1 spiro atoms. The molecule has 0 radical (unpaired) electrons. The van der Waals surface area contributed by atoms with Crippen LogP contribution < -0.4 is 5.76 Å². The molecule has 1 amide bonds. The molecule has 3 heterocycles. The number of likely N-dealkylation sites (tertiary alicyclic amines) is 1. The Morgan fingerprint density at radius 3 is 2.88 bits per heavy atom. The number of hydrogen-bond acceptors (Lipinski definition) is 5. The lowest BCUT2D eigenvalue weighted by Gasteiger charge is -2.47. The highest BCUT2D eigenvalue weighted by Crippen LogP contribution is 2.39. The minimum Gasteiger partial charge on any atom is -0.408 e. The lowest BCUT2D eigenvalue weighted by Crippen LogP contribution is -2.63. The van der Waals surface area contributed by atoms with Gasteiger partial charge in [0.25, 0.3) is 0 Å². The largest absolute Gasteiger partial charge is 0.420 e. The number of aromatic nitrogens is 1. The third-order valence-electron chi connectivity index (χ3n) is 6.29. The zero-order chi connectivity index (χ0) is 22.1. The van der Waals surface area contributed by atoms with Gasteiger partial charge in [0.15, 0.2) is 5.58 Å². The average molecular weight is 440 g/mol. The Balaban J connectivity index is 1.08. The Hall–Kier alpha value is -2.97. The first-order valence-corrected chi connectivity index (χ1v) is 10.8. The van der Waals surface area contributed by atoms with E-state index in [1.54, 1.807) is 29.2 Å². The van der Waals surface area contributed by atoms with E-state index in [1.807, 2.05) is 12.1 Å². The predicted molar refractivity (Wildman–Crippen MR) is 115 cm³/mol. The van der Waals surface area contributed by atoms with E-state index in [9.17, 15) is 14.0 Å². The molecule has 3 aromatic rings. The third-order valence-corrected chi connectivity index (χ3v) is 6.29. The second-order valence-electron chi connectivity index (χ2n) is 8.71. The monoisotopic (exact) mass is 440 g/mol. The van der Waals surface area contributed by atoms with E-state index in [2.05, 4.69) is 0 Å². The van der Waals surface area contributed by atoms with Crippen molar-refractivity contribution in [2.75, 3.05) is 26.3 Å². The highest BCUT2D eigenvalue weighted by Gasteiger charge is 2.51. The minimum atomic E-state index is -0.523. The van der Waals surface area contributed by atoms with Gasteiger partial charge in [-0.15, -0.1) is 0 Å². The standard InChI is InChI=1S/C24H25FN2O5/c25-19-5-3-4-17(10-19)13-30-9-8-18-11-24(31-14-18)15-26(16-24)22(28)12-27-20-6-1-2-7-21(20)32-23(27)29/h1-7,10,18H,8-9,11-16H2. The smallest absolute Gasteiger partial charge is 0.408 e. The van der Waals surface area contributed by atoms with Gasteiger partial charge >= 0.3 is 5.76 Å². The molecule has 2 aliphatic rings.